The number of methoxy groups -OCH3 is 1. The number of nitrogens with one attached hydrogen (secondary N) is 2. The van der Waals surface area contributed by atoms with Gasteiger partial charge in [0, 0.05) is 30.1 Å². The van der Waals surface area contributed by atoms with Crippen LogP contribution in [0, 0.1) is 11.8 Å². The minimum Gasteiger partial charge on any atom is -0.452 e. The number of rotatable bonds is 10. The Kier molecular flexibility index (Phi) is 11.0. The van der Waals surface area contributed by atoms with E-state index in [2.05, 4.69) is 15.4 Å². The minimum absolute atomic E-state index is 0.0364. The third-order valence-electron chi connectivity index (χ3n) is 4.32. The summed E-state index contributed by atoms with van der Waals surface area (Å²) < 4.78 is 4.66. The highest BCUT2D eigenvalue weighted by Crippen LogP contribution is 2.11. The molecule has 2 N–H and O–H groups in total. The van der Waals surface area contributed by atoms with Crippen molar-refractivity contribution in [2.45, 2.75) is 46.6 Å². The monoisotopic (exact) mass is 453 g/mol. The van der Waals surface area contributed by atoms with E-state index < -0.39 is 23.9 Å². The average molecular weight is 454 g/mol. The van der Waals surface area contributed by atoms with Gasteiger partial charge in [-0.2, -0.15) is 0 Å². The lowest BCUT2D eigenvalue weighted by atomic mass is 10.0. The Labute approximate surface area is 188 Å². The van der Waals surface area contributed by atoms with Gasteiger partial charge in [-0.25, -0.2) is 9.69 Å². The van der Waals surface area contributed by atoms with Gasteiger partial charge in [0.15, 0.2) is 0 Å². The van der Waals surface area contributed by atoms with Crippen LogP contribution in [-0.2, 0) is 14.3 Å². The molecule has 1 aromatic rings. The van der Waals surface area contributed by atoms with Gasteiger partial charge < -0.3 is 15.4 Å². The zero-order valence-corrected chi connectivity index (χ0v) is 19.5. The second-order valence-electron chi connectivity index (χ2n) is 8.07. The first-order chi connectivity index (χ1) is 14.5. The van der Waals surface area contributed by atoms with E-state index in [0.717, 1.165) is 4.90 Å². The molecule has 0 aromatic heterocycles. The van der Waals surface area contributed by atoms with E-state index in [4.69, 9.17) is 11.6 Å². The molecule has 0 radical (unpaired) electrons. The topological polar surface area (TPSA) is 105 Å². The molecule has 0 bridgehead atoms. The fourth-order valence-corrected chi connectivity index (χ4v) is 2.98. The molecule has 1 rings (SSSR count). The molecular weight excluding hydrogens is 422 g/mol. The van der Waals surface area contributed by atoms with Crippen molar-refractivity contribution in [3.05, 3.63) is 34.9 Å². The van der Waals surface area contributed by atoms with Gasteiger partial charge >= 0.3 is 6.09 Å². The molecule has 9 heteroatoms. The largest absolute Gasteiger partial charge is 0.452 e. The van der Waals surface area contributed by atoms with Crippen molar-refractivity contribution in [1.29, 1.82) is 0 Å². The molecule has 0 unspecified atom stereocenters. The lowest BCUT2D eigenvalue weighted by molar-refractivity contribution is -0.130. The van der Waals surface area contributed by atoms with E-state index in [-0.39, 0.29) is 37.3 Å². The van der Waals surface area contributed by atoms with E-state index in [1.54, 1.807) is 24.3 Å². The van der Waals surface area contributed by atoms with Gasteiger partial charge in [0.25, 0.3) is 5.91 Å². The second kappa shape index (κ2) is 12.9. The standard InChI is InChI=1S/C22H32ClN3O5/c1-14(2)12-18(25-20(28)16-6-8-17(23)9-7-16)21(29)24-11-10-19(27)26(13-15(3)4)22(30)31-5/h6-9,14-15,18H,10-13H2,1-5H3,(H,24,29)(H,25,28)/t18-/m0/s1. The van der Waals surface area contributed by atoms with Crippen molar-refractivity contribution in [3.63, 3.8) is 0 Å². The molecule has 0 spiro atoms. The van der Waals surface area contributed by atoms with Crippen LogP contribution in [0.2, 0.25) is 5.02 Å². The Morgan fingerprint density at radius 1 is 1.03 bits per heavy atom. The van der Waals surface area contributed by atoms with Gasteiger partial charge in [0.2, 0.25) is 11.8 Å². The summed E-state index contributed by atoms with van der Waals surface area (Å²) in [6.07, 6.45) is -0.355. The molecule has 0 aliphatic heterocycles. The number of amides is 4. The van der Waals surface area contributed by atoms with Gasteiger partial charge in [0.1, 0.15) is 6.04 Å². The lowest BCUT2D eigenvalue weighted by Gasteiger charge is -2.22. The summed E-state index contributed by atoms with van der Waals surface area (Å²) in [4.78, 5) is 50.4. The van der Waals surface area contributed by atoms with Crippen LogP contribution < -0.4 is 10.6 Å². The molecule has 0 saturated carbocycles. The van der Waals surface area contributed by atoms with Gasteiger partial charge in [-0.05, 0) is 42.5 Å². The van der Waals surface area contributed by atoms with Crippen molar-refractivity contribution in [2.75, 3.05) is 20.2 Å². The molecule has 8 nitrogen and oxygen atoms in total. The van der Waals surface area contributed by atoms with E-state index in [9.17, 15) is 19.2 Å². The molecule has 1 atom stereocenters. The quantitative estimate of drug-likeness (QED) is 0.565. The van der Waals surface area contributed by atoms with Crippen molar-refractivity contribution in [3.8, 4) is 0 Å². The maximum atomic E-state index is 12.7. The number of halogens is 1. The maximum absolute atomic E-state index is 12.7. The first-order valence-corrected chi connectivity index (χ1v) is 10.6. The summed E-state index contributed by atoms with van der Waals surface area (Å²) in [5, 5.41) is 5.92. The minimum atomic E-state index is -0.759. The van der Waals surface area contributed by atoms with Crippen LogP contribution in [0.1, 0.15) is 50.9 Å². The fraction of sp³-hybridized carbons (Fsp3) is 0.545. The second-order valence-corrected chi connectivity index (χ2v) is 8.51. The molecule has 0 heterocycles. The Hall–Kier alpha value is -2.61. The maximum Gasteiger partial charge on any atom is 0.416 e. The van der Waals surface area contributed by atoms with Crippen LogP contribution in [0.25, 0.3) is 0 Å². The van der Waals surface area contributed by atoms with Gasteiger partial charge in [-0.1, -0.05) is 39.3 Å². The molecule has 4 amide bonds. The number of nitrogens with zero attached hydrogens (tertiary/aromatic N) is 1. The summed E-state index contributed by atoms with van der Waals surface area (Å²) in [6, 6.07) is 5.60. The highest BCUT2D eigenvalue weighted by Gasteiger charge is 2.25. The molecule has 0 aliphatic rings. The Bertz CT molecular complexity index is 765. The summed E-state index contributed by atoms with van der Waals surface area (Å²) in [6.45, 7) is 7.91. The molecule has 172 valence electrons. The van der Waals surface area contributed by atoms with Gasteiger partial charge in [0.05, 0.1) is 7.11 Å². The van der Waals surface area contributed by atoms with Gasteiger partial charge in [-0.3, -0.25) is 14.4 Å². The van der Waals surface area contributed by atoms with E-state index in [1.165, 1.54) is 7.11 Å². The fourth-order valence-electron chi connectivity index (χ4n) is 2.85. The molecule has 0 saturated heterocycles. The van der Waals surface area contributed by atoms with Crippen LogP contribution in [0.15, 0.2) is 24.3 Å². The van der Waals surface area contributed by atoms with Crippen LogP contribution >= 0.6 is 11.6 Å². The SMILES string of the molecule is COC(=O)N(CC(C)C)C(=O)CCNC(=O)[C@H](CC(C)C)NC(=O)c1ccc(Cl)cc1. The van der Waals surface area contributed by atoms with Crippen LogP contribution in [-0.4, -0.2) is 55.0 Å². The number of benzene rings is 1. The third kappa shape index (κ3) is 9.38. The molecule has 31 heavy (non-hydrogen) atoms. The number of carbonyl (C=O) groups is 4. The average Bonchev–Trinajstić information content (AvgIpc) is 2.70. The van der Waals surface area contributed by atoms with Crippen molar-refractivity contribution >= 4 is 35.4 Å². The lowest BCUT2D eigenvalue weighted by Crippen LogP contribution is -2.48. The number of ether oxygens (including phenoxy) is 1. The van der Waals surface area contributed by atoms with E-state index >= 15 is 0 Å². The van der Waals surface area contributed by atoms with Crippen molar-refractivity contribution in [1.82, 2.24) is 15.5 Å². The first-order valence-electron chi connectivity index (χ1n) is 10.3. The molecular formula is C22H32ClN3O5. The summed E-state index contributed by atoms with van der Waals surface area (Å²) in [5.41, 5.74) is 0.392. The number of carbonyl (C=O) groups excluding carboxylic acids is 4. The predicted molar refractivity (Wildman–Crippen MR) is 119 cm³/mol. The van der Waals surface area contributed by atoms with Crippen LogP contribution in [0.4, 0.5) is 4.79 Å². The molecule has 0 aliphatic carbocycles. The number of imide groups is 1. The van der Waals surface area contributed by atoms with E-state index in [0.29, 0.717) is 17.0 Å². The summed E-state index contributed by atoms with van der Waals surface area (Å²) in [5.74, 6) is -0.981. The Balaban J connectivity index is 2.70. The van der Waals surface area contributed by atoms with Crippen LogP contribution in [0.5, 0.6) is 0 Å². The Morgan fingerprint density at radius 2 is 1.65 bits per heavy atom. The smallest absolute Gasteiger partial charge is 0.416 e. The normalized spacial score (nSPS) is 11.7. The van der Waals surface area contributed by atoms with Crippen molar-refractivity contribution in [2.24, 2.45) is 11.8 Å². The van der Waals surface area contributed by atoms with Gasteiger partial charge in [-0.15, -0.1) is 0 Å². The Morgan fingerprint density at radius 3 is 2.16 bits per heavy atom. The predicted octanol–water partition coefficient (Wildman–Crippen LogP) is 3.24. The summed E-state index contributed by atoms with van der Waals surface area (Å²) in [7, 11) is 1.21. The third-order valence-corrected chi connectivity index (χ3v) is 4.57. The molecule has 1 aromatic carbocycles. The number of hydrogen-bond donors (Lipinski definition) is 2. The highest BCUT2D eigenvalue weighted by atomic mass is 35.5. The van der Waals surface area contributed by atoms with E-state index in [1.807, 2.05) is 27.7 Å². The summed E-state index contributed by atoms with van der Waals surface area (Å²) >= 11 is 5.85. The highest BCUT2D eigenvalue weighted by molar-refractivity contribution is 6.30. The zero-order valence-electron chi connectivity index (χ0n) is 18.7. The molecule has 0 fully saturated rings. The first kappa shape index (κ1) is 26.4. The zero-order chi connectivity index (χ0) is 23.6. The van der Waals surface area contributed by atoms with Crippen molar-refractivity contribution < 1.29 is 23.9 Å². The van der Waals surface area contributed by atoms with Crippen LogP contribution in [0.3, 0.4) is 0 Å². The number of hydrogen-bond acceptors (Lipinski definition) is 5.